The number of hydrogen-bond acceptors (Lipinski definition) is 4. The molecule has 1 saturated heterocycles. The molecule has 1 fully saturated rings. The van der Waals surface area contributed by atoms with Gasteiger partial charge in [-0.1, -0.05) is 13.8 Å². The average molecular weight is 290 g/mol. The van der Waals surface area contributed by atoms with Gasteiger partial charge >= 0.3 is 0 Å². The van der Waals surface area contributed by atoms with E-state index in [1.165, 1.54) is 4.90 Å². The molecule has 0 aliphatic carbocycles. The summed E-state index contributed by atoms with van der Waals surface area (Å²) in [6, 6.07) is 5.71. The Labute approximate surface area is 123 Å². The molecule has 0 aromatic heterocycles. The maximum absolute atomic E-state index is 11.8. The van der Waals surface area contributed by atoms with Gasteiger partial charge < -0.3 is 9.80 Å². The fourth-order valence-electron chi connectivity index (χ4n) is 2.95. The van der Waals surface area contributed by atoms with E-state index < -0.39 is 11.7 Å². The lowest BCUT2D eigenvalue weighted by Gasteiger charge is -2.36. The van der Waals surface area contributed by atoms with Crippen molar-refractivity contribution in [1.29, 1.82) is 0 Å². The second-order valence-corrected chi connectivity index (χ2v) is 7.44. The molecule has 0 saturated carbocycles. The molecule has 2 aliphatic heterocycles. The number of hydrogen-bond donors (Lipinski definition) is 0. The Morgan fingerprint density at radius 1 is 1.15 bits per heavy atom. The van der Waals surface area contributed by atoms with Crippen molar-refractivity contribution in [2.24, 2.45) is 0 Å². The Balaban J connectivity index is 1.94. The fourth-order valence-corrected chi connectivity index (χ4v) is 4.28. The molecule has 1 aromatic carbocycles. The molecule has 0 bridgehead atoms. The smallest absolute Gasteiger partial charge is 0.299 e. The van der Waals surface area contributed by atoms with Crippen LogP contribution in [0.1, 0.15) is 24.2 Å². The molecule has 1 amide bonds. The molecule has 106 valence electrons. The number of thioether (sulfide) groups is 1. The Morgan fingerprint density at radius 2 is 1.80 bits per heavy atom. The topological polar surface area (TPSA) is 40.6 Å². The van der Waals surface area contributed by atoms with Gasteiger partial charge in [0.1, 0.15) is 0 Å². The minimum atomic E-state index is -0.437. The van der Waals surface area contributed by atoms with E-state index in [-0.39, 0.29) is 0 Å². The predicted molar refractivity (Wildman–Crippen MR) is 82.9 cm³/mol. The molecular formula is C15H18N2O2S. The summed E-state index contributed by atoms with van der Waals surface area (Å²) in [4.78, 5) is 27.3. The molecule has 2 atom stereocenters. The molecule has 0 spiro atoms. The number of likely N-dealkylation sites (N-methyl/N-ethyl adjacent to an activating group) is 1. The van der Waals surface area contributed by atoms with Gasteiger partial charge in [-0.15, -0.1) is 0 Å². The van der Waals surface area contributed by atoms with Gasteiger partial charge in [-0.25, -0.2) is 0 Å². The van der Waals surface area contributed by atoms with Crippen LogP contribution >= 0.6 is 11.8 Å². The van der Waals surface area contributed by atoms with Crippen LogP contribution in [0.15, 0.2) is 18.2 Å². The van der Waals surface area contributed by atoms with Crippen molar-refractivity contribution in [3.05, 3.63) is 23.8 Å². The van der Waals surface area contributed by atoms with E-state index in [0.29, 0.717) is 16.1 Å². The number of benzene rings is 1. The van der Waals surface area contributed by atoms with Crippen LogP contribution < -0.4 is 9.80 Å². The maximum Gasteiger partial charge on any atom is 0.299 e. The van der Waals surface area contributed by atoms with E-state index in [9.17, 15) is 9.59 Å². The Bertz CT molecular complexity index is 577. The zero-order valence-electron chi connectivity index (χ0n) is 11.9. The SMILES string of the molecule is CC1CN(c2ccc3c(c2)N(C)C(=O)C3=O)CC(C)S1. The molecule has 4 nitrogen and oxygen atoms in total. The molecule has 0 N–H and O–H groups in total. The predicted octanol–water partition coefficient (Wildman–Crippen LogP) is 2.18. The molecule has 20 heavy (non-hydrogen) atoms. The average Bonchev–Trinajstić information content (AvgIpc) is 2.62. The molecule has 2 aliphatic rings. The lowest BCUT2D eigenvalue weighted by atomic mass is 10.1. The van der Waals surface area contributed by atoms with E-state index in [4.69, 9.17) is 0 Å². The number of amides is 1. The van der Waals surface area contributed by atoms with Crippen molar-refractivity contribution in [3.63, 3.8) is 0 Å². The van der Waals surface area contributed by atoms with E-state index in [2.05, 4.69) is 18.7 Å². The van der Waals surface area contributed by atoms with Crippen LogP contribution in [0.4, 0.5) is 11.4 Å². The number of carbonyl (C=O) groups is 2. The highest BCUT2D eigenvalue weighted by Gasteiger charge is 2.34. The highest BCUT2D eigenvalue weighted by Crippen LogP contribution is 2.34. The van der Waals surface area contributed by atoms with Crippen molar-refractivity contribution in [1.82, 2.24) is 0 Å². The summed E-state index contributed by atoms with van der Waals surface area (Å²) >= 11 is 2.01. The second-order valence-electron chi connectivity index (χ2n) is 5.56. The number of ketones is 1. The minimum Gasteiger partial charge on any atom is -0.369 e. The zero-order valence-corrected chi connectivity index (χ0v) is 12.7. The molecule has 2 heterocycles. The Hall–Kier alpha value is -1.49. The third kappa shape index (κ3) is 2.10. The maximum atomic E-state index is 11.8. The minimum absolute atomic E-state index is 0.398. The number of nitrogens with zero attached hydrogens (tertiary/aromatic N) is 2. The van der Waals surface area contributed by atoms with Gasteiger partial charge in [0.15, 0.2) is 0 Å². The highest BCUT2D eigenvalue weighted by molar-refractivity contribution is 8.00. The Kier molecular flexibility index (Phi) is 3.24. The van der Waals surface area contributed by atoms with Crippen LogP contribution in [-0.2, 0) is 4.79 Å². The number of carbonyl (C=O) groups excluding carboxylic acids is 2. The van der Waals surface area contributed by atoms with Crippen LogP contribution in [0.3, 0.4) is 0 Å². The number of Topliss-reactive ketones (excluding diaryl/α,β-unsaturated/α-hetero) is 1. The molecule has 3 rings (SSSR count). The summed E-state index contributed by atoms with van der Waals surface area (Å²) in [6.45, 7) is 6.47. The van der Waals surface area contributed by atoms with Gasteiger partial charge in [0.05, 0.1) is 11.3 Å². The first-order chi connectivity index (χ1) is 9.47. The van der Waals surface area contributed by atoms with Crippen LogP contribution in [0, 0.1) is 0 Å². The zero-order chi connectivity index (χ0) is 14.4. The first-order valence-corrected chi connectivity index (χ1v) is 7.78. The summed E-state index contributed by atoms with van der Waals surface area (Å²) in [5, 5.41) is 1.18. The van der Waals surface area contributed by atoms with Crippen LogP contribution in [-0.4, -0.2) is 42.3 Å². The van der Waals surface area contributed by atoms with Crippen LogP contribution in [0.25, 0.3) is 0 Å². The largest absolute Gasteiger partial charge is 0.369 e. The highest BCUT2D eigenvalue weighted by atomic mass is 32.2. The van der Waals surface area contributed by atoms with Gasteiger partial charge in [-0.2, -0.15) is 11.8 Å². The molecular weight excluding hydrogens is 272 g/mol. The monoisotopic (exact) mass is 290 g/mol. The van der Waals surface area contributed by atoms with E-state index >= 15 is 0 Å². The van der Waals surface area contributed by atoms with E-state index in [1.807, 2.05) is 23.9 Å². The molecule has 0 radical (unpaired) electrons. The lowest BCUT2D eigenvalue weighted by Crippen LogP contribution is -2.40. The summed E-state index contributed by atoms with van der Waals surface area (Å²) in [6.07, 6.45) is 0. The van der Waals surface area contributed by atoms with Crippen LogP contribution in [0.2, 0.25) is 0 Å². The van der Waals surface area contributed by atoms with Gasteiger partial charge in [0, 0.05) is 36.3 Å². The first-order valence-electron chi connectivity index (χ1n) is 6.84. The third-order valence-corrected chi connectivity index (χ3v) is 5.10. The van der Waals surface area contributed by atoms with Crippen LogP contribution in [0.5, 0.6) is 0 Å². The summed E-state index contributed by atoms with van der Waals surface area (Å²) in [7, 11) is 1.66. The van der Waals surface area contributed by atoms with Gasteiger partial charge in [-0.3, -0.25) is 9.59 Å². The van der Waals surface area contributed by atoms with Crippen molar-refractivity contribution in [2.75, 3.05) is 29.9 Å². The van der Waals surface area contributed by atoms with Gasteiger partial charge in [0.25, 0.3) is 11.7 Å². The van der Waals surface area contributed by atoms with Gasteiger partial charge in [-0.05, 0) is 18.2 Å². The molecule has 2 unspecified atom stereocenters. The quantitative estimate of drug-likeness (QED) is 0.743. The molecule has 5 heteroatoms. The summed E-state index contributed by atoms with van der Waals surface area (Å²) < 4.78 is 0. The number of rotatable bonds is 1. The first kappa shape index (κ1) is 13.5. The van der Waals surface area contributed by atoms with Gasteiger partial charge in [0.2, 0.25) is 0 Å². The third-order valence-electron chi connectivity index (χ3n) is 3.87. The standard InChI is InChI=1S/C15H18N2O2S/c1-9-7-17(8-10(2)20-9)11-4-5-12-13(6-11)16(3)15(19)14(12)18/h4-6,9-10H,7-8H2,1-3H3. The van der Waals surface area contributed by atoms with E-state index in [1.54, 1.807) is 13.1 Å². The van der Waals surface area contributed by atoms with Crippen molar-refractivity contribution >= 4 is 34.8 Å². The summed E-state index contributed by atoms with van der Waals surface area (Å²) in [5.41, 5.74) is 2.35. The summed E-state index contributed by atoms with van der Waals surface area (Å²) in [5.74, 6) is -0.835. The Morgan fingerprint density at radius 3 is 2.45 bits per heavy atom. The van der Waals surface area contributed by atoms with Crippen molar-refractivity contribution in [3.8, 4) is 0 Å². The number of anilines is 2. The van der Waals surface area contributed by atoms with Crippen molar-refractivity contribution in [2.45, 2.75) is 24.3 Å². The van der Waals surface area contributed by atoms with Crippen molar-refractivity contribution < 1.29 is 9.59 Å². The number of fused-ring (bicyclic) bond motifs is 1. The second kappa shape index (κ2) is 4.81. The molecule has 1 aromatic rings. The normalized spacial score (nSPS) is 26.1. The fraction of sp³-hybridized carbons (Fsp3) is 0.467. The van der Waals surface area contributed by atoms with E-state index in [0.717, 1.165) is 24.5 Å². The lowest BCUT2D eigenvalue weighted by molar-refractivity contribution is -0.114.